The third-order valence-corrected chi connectivity index (χ3v) is 3.62. The Morgan fingerprint density at radius 3 is 2.68 bits per heavy atom. The van der Waals surface area contributed by atoms with Crippen molar-refractivity contribution in [1.29, 1.82) is 0 Å². The number of hydrogen-bond acceptors (Lipinski definition) is 4. The predicted molar refractivity (Wildman–Crippen MR) is 86.3 cm³/mol. The van der Waals surface area contributed by atoms with Gasteiger partial charge in [0.05, 0.1) is 12.5 Å². The Morgan fingerprint density at radius 1 is 1.20 bits per heavy atom. The van der Waals surface area contributed by atoms with Crippen molar-refractivity contribution < 1.29 is 18.3 Å². The van der Waals surface area contributed by atoms with Crippen molar-refractivity contribution in [3.63, 3.8) is 0 Å². The van der Waals surface area contributed by atoms with Gasteiger partial charge in [0.1, 0.15) is 5.75 Å². The lowest BCUT2D eigenvalue weighted by Crippen LogP contribution is -2.29. The van der Waals surface area contributed by atoms with E-state index in [1.807, 2.05) is 31.3 Å². The number of halogens is 2. The second-order valence-electron chi connectivity index (χ2n) is 5.48. The van der Waals surface area contributed by atoms with Crippen LogP contribution in [-0.2, 0) is 11.2 Å². The van der Waals surface area contributed by atoms with Crippen LogP contribution in [0.3, 0.4) is 0 Å². The molecule has 0 aliphatic carbocycles. The summed E-state index contributed by atoms with van der Waals surface area (Å²) in [5.41, 5.74) is 1.39. The molecule has 1 aromatic carbocycles. The average molecular weight is 346 g/mol. The van der Waals surface area contributed by atoms with E-state index in [2.05, 4.69) is 20.3 Å². The van der Waals surface area contributed by atoms with Gasteiger partial charge in [-0.2, -0.15) is 8.78 Å². The first-order valence-electron chi connectivity index (χ1n) is 7.65. The van der Waals surface area contributed by atoms with Gasteiger partial charge >= 0.3 is 6.61 Å². The molecule has 0 saturated heterocycles. The number of ether oxygens (including phenoxy) is 1. The van der Waals surface area contributed by atoms with Crippen molar-refractivity contribution in [3.05, 3.63) is 60.0 Å². The zero-order valence-electron chi connectivity index (χ0n) is 13.4. The van der Waals surface area contributed by atoms with Gasteiger partial charge in [0.25, 0.3) is 0 Å². The maximum atomic E-state index is 12.2. The molecule has 0 saturated carbocycles. The molecule has 1 atom stereocenters. The SMILES string of the molecule is CC(NC(=O)Cc1ccc(OC(F)F)cc1)c1nnc2ccccn12. The Morgan fingerprint density at radius 2 is 1.96 bits per heavy atom. The molecule has 3 rings (SSSR count). The quantitative estimate of drug-likeness (QED) is 0.745. The second kappa shape index (κ2) is 7.25. The molecule has 1 amide bonds. The van der Waals surface area contributed by atoms with E-state index in [1.165, 1.54) is 12.1 Å². The summed E-state index contributed by atoms with van der Waals surface area (Å²) >= 11 is 0. The number of pyridine rings is 1. The van der Waals surface area contributed by atoms with Crippen LogP contribution in [0.25, 0.3) is 5.65 Å². The summed E-state index contributed by atoms with van der Waals surface area (Å²) in [7, 11) is 0. The van der Waals surface area contributed by atoms with Gasteiger partial charge in [0, 0.05) is 6.20 Å². The number of carbonyl (C=O) groups excluding carboxylic acids is 1. The molecule has 25 heavy (non-hydrogen) atoms. The zero-order valence-corrected chi connectivity index (χ0v) is 13.4. The van der Waals surface area contributed by atoms with Crippen LogP contribution < -0.4 is 10.1 Å². The smallest absolute Gasteiger partial charge is 0.387 e. The number of rotatable bonds is 6. The van der Waals surface area contributed by atoms with Crippen molar-refractivity contribution in [2.45, 2.75) is 26.0 Å². The third-order valence-electron chi connectivity index (χ3n) is 3.62. The molecule has 0 bridgehead atoms. The van der Waals surface area contributed by atoms with Gasteiger partial charge in [0.15, 0.2) is 11.5 Å². The highest BCUT2D eigenvalue weighted by Crippen LogP contribution is 2.16. The highest BCUT2D eigenvalue weighted by molar-refractivity contribution is 5.79. The van der Waals surface area contributed by atoms with Crippen LogP contribution in [0.15, 0.2) is 48.7 Å². The molecule has 2 aromatic heterocycles. The lowest BCUT2D eigenvalue weighted by atomic mass is 10.1. The standard InChI is InChI=1S/C17H16F2N4O2/c1-11(16-22-21-14-4-2-3-9-23(14)16)20-15(24)10-12-5-7-13(8-6-12)25-17(18)19/h2-9,11,17H,10H2,1H3,(H,20,24). The molecule has 0 aliphatic rings. The molecular formula is C17H16F2N4O2. The van der Waals surface area contributed by atoms with Gasteiger partial charge in [-0.05, 0) is 36.8 Å². The number of aromatic nitrogens is 3. The summed E-state index contributed by atoms with van der Waals surface area (Å²) in [5, 5.41) is 11.0. The van der Waals surface area contributed by atoms with E-state index in [9.17, 15) is 13.6 Å². The Balaban J connectivity index is 1.62. The largest absolute Gasteiger partial charge is 0.435 e. The first-order valence-corrected chi connectivity index (χ1v) is 7.65. The van der Waals surface area contributed by atoms with Crippen LogP contribution in [0.1, 0.15) is 24.4 Å². The van der Waals surface area contributed by atoms with E-state index in [0.29, 0.717) is 17.0 Å². The van der Waals surface area contributed by atoms with Crippen molar-refractivity contribution in [2.75, 3.05) is 0 Å². The Hall–Kier alpha value is -3.03. The number of hydrogen-bond donors (Lipinski definition) is 1. The number of nitrogens with one attached hydrogen (secondary N) is 1. The summed E-state index contributed by atoms with van der Waals surface area (Å²) in [6.45, 7) is -1.05. The van der Waals surface area contributed by atoms with E-state index in [4.69, 9.17) is 0 Å². The van der Waals surface area contributed by atoms with Gasteiger partial charge < -0.3 is 10.1 Å². The maximum Gasteiger partial charge on any atom is 0.387 e. The minimum atomic E-state index is -2.87. The highest BCUT2D eigenvalue weighted by Gasteiger charge is 2.16. The fourth-order valence-electron chi connectivity index (χ4n) is 2.49. The molecule has 3 aromatic rings. The van der Waals surface area contributed by atoms with Crippen LogP contribution in [0.5, 0.6) is 5.75 Å². The molecule has 1 unspecified atom stereocenters. The van der Waals surface area contributed by atoms with E-state index in [1.54, 1.807) is 16.5 Å². The minimum Gasteiger partial charge on any atom is -0.435 e. The van der Waals surface area contributed by atoms with E-state index in [0.717, 1.165) is 0 Å². The number of alkyl halides is 2. The molecular weight excluding hydrogens is 330 g/mol. The van der Waals surface area contributed by atoms with Crippen LogP contribution >= 0.6 is 0 Å². The number of nitrogens with zero attached hydrogens (tertiary/aromatic N) is 3. The zero-order chi connectivity index (χ0) is 17.8. The van der Waals surface area contributed by atoms with E-state index in [-0.39, 0.29) is 24.1 Å². The summed E-state index contributed by atoms with van der Waals surface area (Å²) in [5.74, 6) is 0.481. The highest BCUT2D eigenvalue weighted by atomic mass is 19.3. The molecule has 130 valence electrons. The molecule has 8 heteroatoms. The summed E-state index contributed by atoms with van der Waals surface area (Å²) in [4.78, 5) is 12.2. The normalized spacial score (nSPS) is 12.3. The molecule has 0 aliphatic heterocycles. The number of benzene rings is 1. The van der Waals surface area contributed by atoms with E-state index >= 15 is 0 Å². The van der Waals surface area contributed by atoms with Crippen molar-refractivity contribution in [3.8, 4) is 5.75 Å². The Labute approximate surface area is 142 Å². The lowest BCUT2D eigenvalue weighted by molar-refractivity contribution is -0.121. The predicted octanol–water partition coefficient (Wildman–Crippen LogP) is 2.75. The fraction of sp³-hybridized carbons (Fsp3) is 0.235. The molecule has 0 spiro atoms. The topological polar surface area (TPSA) is 68.5 Å². The fourth-order valence-corrected chi connectivity index (χ4v) is 2.49. The van der Waals surface area contributed by atoms with Gasteiger partial charge in [-0.25, -0.2) is 0 Å². The number of fused-ring (bicyclic) bond motifs is 1. The Kier molecular flexibility index (Phi) is 4.87. The van der Waals surface area contributed by atoms with Crippen molar-refractivity contribution >= 4 is 11.6 Å². The Bertz CT molecular complexity index is 864. The first-order chi connectivity index (χ1) is 12.0. The first kappa shape index (κ1) is 16.8. The summed E-state index contributed by atoms with van der Waals surface area (Å²) in [6.07, 6.45) is 1.95. The third kappa shape index (κ3) is 4.09. The lowest BCUT2D eigenvalue weighted by Gasteiger charge is -2.12. The number of carbonyl (C=O) groups is 1. The maximum absolute atomic E-state index is 12.2. The molecule has 1 N–H and O–H groups in total. The van der Waals surface area contributed by atoms with Crippen LogP contribution in [0.4, 0.5) is 8.78 Å². The van der Waals surface area contributed by atoms with Crippen LogP contribution in [0, 0.1) is 0 Å². The van der Waals surface area contributed by atoms with Gasteiger partial charge in [-0.1, -0.05) is 18.2 Å². The minimum absolute atomic E-state index is 0.0578. The second-order valence-corrected chi connectivity index (χ2v) is 5.48. The molecule has 0 radical (unpaired) electrons. The van der Waals surface area contributed by atoms with Crippen LogP contribution in [0.2, 0.25) is 0 Å². The van der Waals surface area contributed by atoms with Gasteiger partial charge in [-0.15, -0.1) is 10.2 Å². The number of amides is 1. The van der Waals surface area contributed by atoms with Gasteiger partial charge in [-0.3, -0.25) is 9.20 Å². The monoisotopic (exact) mass is 346 g/mol. The van der Waals surface area contributed by atoms with Crippen molar-refractivity contribution in [2.24, 2.45) is 0 Å². The molecule has 2 heterocycles. The summed E-state index contributed by atoms with van der Waals surface area (Å²) < 4.78 is 30.3. The van der Waals surface area contributed by atoms with Crippen molar-refractivity contribution in [1.82, 2.24) is 19.9 Å². The van der Waals surface area contributed by atoms with E-state index < -0.39 is 6.61 Å². The van der Waals surface area contributed by atoms with Gasteiger partial charge in [0.2, 0.25) is 5.91 Å². The average Bonchev–Trinajstić information content (AvgIpc) is 3.00. The molecule has 6 nitrogen and oxygen atoms in total. The van der Waals surface area contributed by atoms with Crippen LogP contribution in [-0.4, -0.2) is 27.1 Å². The molecule has 0 fully saturated rings. The summed E-state index contributed by atoms with van der Waals surface area (Å²) in [6, 6.07) is 11.2.